The number of piperidine rings is 1. The van der Waals surface area contributed by atoms with Gasteiger partial charge in [0, 0.05) is 25.2 Å². The summed E-state index contributed by atoms with van der Waals surface area (Å²) in [6, 6.07) is 0.951. The molecule has 3 heterocycles. The van der Waals surface area contributed by atoms with Crippen LogP contribution < -0.4 is 4.90 Å². The highest BCUT2D eigenvalue weighted by Gasteiger charge is 2.34. The van der Waals surface area contributed by atoms with Gasteiger partial charge in [-0.3, -0.25) is 4.68 Å². The molecule has 23 heavy (non-hydrogen) atoms. The second-order valence-electron chi connectivity index (χ2n) is 6.00. The van der Waals surface area contributed by atoms with Crippen LogP contribution in [0, 0.1) is 0 Å². The largest absolute Gasteiger partial charge is 0.435 e. The minimum atomic E-state index is -4.40. The van der Waals surface area contributed by atoms with Crippen LogP contribution in [0.4, 0.5) is 18.3 Å². The molecule has 2 aromatic heterocycles. The molecule has 1 aliphatic rings. The normalized spacial score (nSPS) is 19.6. The van der Waals surface area contributed by atoms with E-state index in [1.165, 1.54) is 10.9 Å². The lowest BCUT2D eigenvalue weighted by atomic mass is 10.1. The summed E-state index contributed by atoms with van der Waals surface area (Å²) in [6.07, 6.45) is -1.28. The van der Waals surface area contributed by atoms with Crippen molar-refractivity contribution < 1.29 is 13.2 Å². The summed E-state index contributed by atoms with van der Waals surface area (Å²) in [5.74, 6) is 0.322. The van der Waals surface area contributed by atoms with Crippen LogP contribution in [0.3, 0.4) is 0 Å². The number of aromatic nitrogens is 4. The molecule has 0 bridgehead atoms. The third-order valence-electron chi connectivity index (χ3n) is 3.86. The molecular weight excluding hydrogens is 327 g/mol. The second kappa shape index (κ2) is 6.10. The number of hydrogen-bond donors (Lipinski definition) is 0. The van der Waals surface area contributed by atoms with Crippen LogP contribution >= 0.6 is 11.3 Å². The van der Waals surface area contributed by atoms with Crippen LogP contribution in [-0.2, 0) is 6.18 Å². The van der Waals surface area contributed by atoms with Crippen molar-refractivity contribution in [3.63, 3.8) is 0 Å². The molecule has 5 nitrogen and oxygen atoms in total. The number of anilines is 1. The van der Waals surface area contributed by atoms with E-state index in [1.807, 2.05) is 0 Å². The Morgan fingerprint density at radius 3 is 2.70 bits per heavy atom. The van der Waals surface area contributed by atoms with E-state index in [-0.39, 0.29) is 6.04 Å². The van der Waals surface area contributed by atoms with Crippen LogP contribution in [0.1, 0.15) is 49.4 Å². The van der Waals surface area contributed by atoms with Crippen molar-refractivity contribution in [2.45, 2.75) is 44.8 Å². The molecule has 0 aromatic carbocycles. The van der Waals surface area contributed by atoms with Crippen LogP contribution in [0.2, 0.25) is 0 Å². The van der Waals surface area contributed by atoms with Crippen molar-refractivity contribution >= 4 is 16.5 Å². The van der Waals surface area contributed by atoms with E-state index in [1.54, 1.807) is 11.3 Å². The summed E-state index contributed by atoms with van der Waals surface area (Å²) in [5, 5.41) is 13.9. The highest BCUT2D eigenvalue weighted by Crippen LogP contribution is 2.32. The first-order valence-electron chi connectivity index (χ1n) is 7.55. The van der Waals surface area contributed by atoms with Gasteiger partial charge in [0.2, 0.25) is 5.13 Å². The first kappa shape index (κ1) is 16.2. The monoisotopic (exact) mass is 345 g/mol. The molecule has 0 spiro atoms. The van der Waals surface area contributed by atoms with Gasteiger partial charge in [-0.25, -0.2) is 0 Å². The Morgan fingerprint density at radius 2 is 2.09 bits per heavy atom. The predicted octanol–water partition coefficient (Wildman–Crippen LogP) is 3.72. The third-order valence-corrected chi connectivity index (χ3v) is 5.15. The number of rotatable bonds is 3. The molecule has 0 amide bonds. The Bertz CT molecular complexity index is 663. The zero-order valence-corrected chi connectivity index (χ0v) is 13.7. The Hall–Kier alpha value is -1.64. The van der Waals surface area contributed by atoms with E-state index in [2.05, 4.69) is 34.0 Å². The third kappa shape index (κ3) is 3.49. The van der Waals surface area contributed by atoms with E-state index in [0.29, 0.717) is 12.5 Å². The van der Waals surface area contributed by atoms with E-state index in [9.17, 15) is 13.2 Å². The molecule has 1 fully saturated rings. The van der Waals surface area contributed by atoms with E-state index >= 15 is 0 Å². The van der Waals surface area contributed by atoms with Crippen molar-refractivity contribution in [2.75, 3.05) is 18.0 Å². The minimum absolute atomic E-state index is 0.0775. The van der Waals surface area contributed by atoms with Gasteiger partial charge >= 0.3 is 6.18 Å². The molecule has 1 aliphatic heterocycles. The van der Waals surface area contributed by atoms with Gasteiger partial charge in [0.05, 0.1) is 6.04 Å². The molecule has 0 aliphatic carbocycles. The fourth-order valence-electron chi connectivity index (χ4n) is 2.62. The molecule has 9 heteroatoms. The fourth-order valence-corrected chi connectivity index (χ4v) is 3.51. The Kier molecular flexibility index (Phi) is 4.31. The quantitative estimate of drug-likeness (QED) is 0.851. The summed E-state index contributed by atoms with van der Waals surface area (Å²) in [6.45, 7) is 5.57. The van der Waals surface area contributed by atoms with Gasteiger partial charge in [0.1, 0.15) is 5.01 Å². The topological polar surface area (TPSA) is 46.8 Å². The number of alkyl halides is 3. The fraction of sp³-hybridized carbons (Fsp3) is 0.643. The van der Waals surface area contributed by atoms with Crippen molar-refractivity contribution in [1.82, 2.24) is 20.0 Å². The zero-order chi connectivity index (χ0) is 16.6. The molecule has 3 rings (SSSR count). The molecule has 2 aromatic rings. The summed E-state index contributed by atoms with van der Waals surface area (Å²) in [7, 11) is 0. The van der Waals surface area contributed by atoms with Gasteiger partial charge in [-0.15, -0.1) is 10.2 Å². The summed E-state index contributed by atoms with van der Waals surface area (Å²) in [4.78, 5) is 2.09. The first-order chi connectivity index (χ1) is 10.8. The van der Waals surface area contributed by atoms with Crippen LogP contribution in [-0.4, -0.2) is 33.1 Å². The van der Waals surface area contributed by atoms with E-state index in [0.717, 1.165) is 35.6 Å². The van der Waals surface area contributed by atoms with Gasteiger partial charge in [-0.2, -0.15) is 18.3 Å². The Balaban J connectivity index is 1.74. The Morgan fingerprint density at radius 1 is 1.30 bits per heavy atom. The number of nitrogens with zero attached hydrogens (tertiary/aromatic N) is 5. The lowest BCUT2D eigenvalue weighted by Gasteiger charge is -2.32. The van der Waals surface area contributed by atoms with Crippen LogP contribution in [0.5, 0.6) is 0 Å². The number of halogens is 3. The van der Waals surface area contributed by atoms with Crippen molar-refractivity contribution in [3.8, 4) is 0 Å². The van der Waals surface area contributed by atoms with Gasteiger partial charge in [-0.05, 0) is 18.9 Å². The lowest BCUT2D eigenvalue weighted by molar-refractivity contribution is -0.141. The van der Waals surface area contributed by atoms with E-state index in [4.69, 9.17) is 0 Å². The standard InChI is InChI=1S/C14H18F3N5S/c1-9(2)12-18-19-13(23-12)21-6-3-4-10(8-21)22-7-5-11(20-22)14(15,16)17/h5,7,9-10H,3-4,6,8H2,1-2H3. The molecule has 1 atom stereocenters. The van der Waals surface area contributed by atoms with Crippen LogP contribution in [0.15, 0.2) is 12.3 Å². The highest BCUT2D eigenvalue weighted by molar-refractivity contribution is 7.15. The van der Waals surface area contributed by atoms with Gasteiger partial charge in [-0.1, -0.05) is 25.2 Å². The SMILES string of the molecule is CC(C)c1nnc(N2CCCC(n3ccc(C(F)(F)F)n3)C2)s1. The average Bonchev–Trinajstić information content (AvgIpc) is 3.16. The average molecular weight is 345 g/mol. The van der Waals surface area contributed by atoms with Gasteiger partial charge in [0.25, 0.3) is 0 Å². The summed E-state index contributed by atoms with van der Waals surface area (Å²) < 4.78 is 39.5. The molecule has 126 valence electrons. The second-order valence-corrected chi connectivity index (χ2v) is 6.99. The molecule has 1 unspecified atom stereocenters. The molecule has 1 saturated heterocycles. The summed E-state index contributed by atoms with van der Waals surface area (Å²) in [5.41, 5.74) is -0.840. The Labute approximate surface area is 136 Å². The predicted molar refractivity (Wildman–Crippen MR) is 81.7 cm³/mol. The molecule has 0 N–H and O–H groups in total. The van der Waals surface area contributed by atoms with Gasteiger partial charge < -0.3 is 4.90 Å². The molecular formula is C14H18F3N5S. The van der Waals surface area contributed by atoms with Crippen LogP contribution in [0.25, 0.3) is 0 Å². The maximum Gasteiger partial charge on any atom is 0.435 e. The number of hydrogen-bond acceptors (Lipinski definition) is 5. The smallest absolute Gasteiger partial charge is 0.345 e. The highest BCUT2D eigenvalue weighted by atomic mass is 32.1. The molecule has 0 saturated carbocycles. The molecule has 0 radical (unpaired) electrons. The minimum Gasteiger partial charge on any atom is -0.345 e. The van der Waals surface area contributed by atoms with Crippen molar-refractivity contribution in [2.24, 2.45) is 0 Å². The lowest BCUT2D eigenvalue weighted by Crippen LogP contribution is -2.36. The first-order valence-corrected chi connectivity index (χ1v) is 8.37. The maximum atomic E-state index is 12.7. The summed E-state index contributed by atoms with van der Waals surface area (Å²) >= 11 is 1.55. The van der Waals surface area contributed by atoms with E-state index < -0.39 is 11.9 Å². The zero-order valence-electron chi connectivity index (χ0n) is 12.9. The maximum absolute atomic E-state index is 12.7. The van der Waals surface area contributed by atoms with Crippen molar-refractivity contribution in [3.05, 3.63) is 23.0 Å². The van der Waals surface area contributed by atoms with Crippen molar-refractivity contribution in [1.29, 1.82) is 0 Å². The van der Waals surface area contributed by atoms with Gasteiger partial charge in [0.15, 0.2) is 5.69 Å².